The molecular formula is C40H45B19. The van der Waals surface area contributed by atoms with E-state index < -0.39 is 0 Å². The highest BCUT2D eigenvalue weighted by atomic mass is 14.3. The highest BCUT2D eigenvalue weighted by Gasteiger charge is 2.30. The van der Waals surface area contributed by atoms with Crippen molar-refractivity contribution in [3.8, 4) is 33.4 Å². The maximum Gasteiger partial charge on any atom is 0.139 e. The van der Waals surface area contributed by atoms with Crippen LogP contribution in [0.2, 0.25) is 0 Å². The van der Waals surface area contributed by atoms with Crippen molar-refractivity contribution in [3.63, 3.8) is 0 Å². The van der Waals surface area contributed by atoms with E-state index in [9.17, 15) is 0 Å². The maximum absolute atomic E-state index is 2.43. The minimum Gasteiger partial charge on any atom is -0.102 e. The van der Waals surface area contributed by atoms with Crippen LogP contribution >= 0.6 is 0 Å². The largest absolute Gasteiger partial charge is 0.139 e. The summed E-state index contributed by atoms with van der Waals surface area (Å²) in [5, 5.41) is 11.1. The first-order chi connectivity index (χ1) is 27.8. The van der Waals surface area contributed by atoms with Gasteiger partial charge in [0.15, 0.2) is 0 Å². The SMILES string of the molecule is Bc1c(B)c(B)c(-c2c3c(B)c(B)c(B)c(B)c3c(-c3c(B)c(B)c(-c4ccc5ccccc5c4)c4c(B)c(B)c(B)c(B)c34)c3c(B)c(B)c(B)c(B)c23)c(B)c1B. The number of hydrogen-bond donors (Lipinski definition) is 0. The molecule has 0 bridgehead atoms. The molecular weight excluding hydrogens is 686 g/mol. The van der Waals surface area contributed by atoms with Crippen molar-refractivity contribution >= 4 is 296 Å². The Balaban J connectivity index is 1.76. The molecule has 8 rings (SSSR count). The Kier molecular flexibility index (Phi) is 10.3. The van der Waals surface area contributed by atoms with Crippen LogP contribution < -0.4 is 104 Å². The summed E-state index contributed by atoms with van der Waals surface area (Å²) in [5.74, 6) is 0. The van der Waals surface area contributed by atoms with E-state index in [1.807, 2.05) is 0 Å². The summed E-state index contributed by atoms with van der Waals surface area (Å²) in [5.41, 5.74) is 34.9. The molecule has 0 spiro atoms. The van der Waals surface area contributed by atoms with Crippen LogP contribution in [0.25, 0.3) is 76.5 Å². The van der Waals surface area contributed by atoms with Crippen molar-refractivity contribution in [2.24, 2.45) is 0 Å². The van der Waals surface area contributed by atoms with Crippen LogP contribution in [0.4, 0.5) is 0 Å². The van der Waals surface area contributed by atoms with Crippen molar-refractivity contribution in [2.45, 2.75) is 0 Å². The van der Waals surface area contributed by atoms with Gasteiger partial charge in [0, 0.05) is 0 Å². The molecule has 0 saturated heterocycles. The average molecular weight is 731 g/mol. The zero-order valence-corrected chi connectivity index (χ0v) is 39.5. The van der Waals surface area contributed by atoms with Crippen molar-refractivity contribution < 1.29 is 0 Å². The fraction of sp³-hybridized carbons (Fsp3) is 0. The second kappa shape index (κ2) is 14.6. The molecule has 0 saturated carbocycles. The van der Waals surface area contributed by atoms with Crippen LogP contribution in [0.3, 0.4) is 0 Å². The van der Waals surface area contributed by atoms with Crippen LogP contribution in [0.15, 0.2) is 42.5 Å². The molecule has 0 aromatic heterocycles. The van der Waals surface area contributed by atoms with E-state index >= 15 is 0 Å². The minimum absolute atomic E-state index is 1.28. The normalized spacial score (nSPS) is 11.7. The molecule has 0 N–H and O–H groups in total. The quantitative estimate of drug-likeness (QED) is 0.125. The Hall–Kier alpha value is -3.97. The first-order valence-corrected chi connectivity index (χ1v) is 21.8. The molecule has 8 aromatic rings. The first-order valence-electron chi connectivity index (χ1n) is 21.8. The van der Waals surface area contributed by atoms with Crippen molar-refractivity contribution in [2.75, 3.05) is 0 Å². The molecule has 0 radical (unpaired) electrons. The molecule has 0 aliphatic carbocycles. The Labute approximate surface area is 369 Å². The number of hydrogen-bond acceptors (Lipinski definition) is 0. The average Bonchev–Trinajstić information content (AvgIpc) is 3.23. The van der Waals surface area contributed by atoms with Crippen LogP contribution in [-0.2, 0) is 0 Å². The minimum atomic E-state index is 1.28. The van der Waals surface area contributed by atoms with Gasteiger partial charge in [0.25, 0.3) is 0 Å². The third-order valence-corrected chi connectivity index (χ3v) is 16.4. The molecule has 0 aliphatic heterocycles. The van der Waals surface area contributed by atoms with Crippen molar-refractivity contribution in [3.05, 3.63) is 42.5 Å². The summed E-state index contributed by atoms with van der Waals surface area (Å²) in [6, 6.07) is 15.9. The zero-order valence-electron chi connectivity index (χ0n) is 39.5. The zero-order chi connectivity index (χ0) is 43.0. The molecule has 262 valence electrons. The molecule has 0 unspecified atom stereocenters. The summed E-state index contributed by atoms with van der Waals surface area (Å²) in [7, 11) is 45.1. The van der Waals surface area contributed by atoms with Gasteiger partial charge in [-0.2, -0.15) is 0 Å². The van der Waals surface area contributed by atoms with Gasteiger partial charge < -0.3 is 0 Å². The van der Waals surface area contributed by atoms with Gasteiger partial charge in [-0.25, -0.2) is 0 Å². The summed E-state index contributed by atoms with van der Waals surface area (Å²) < 4.78 is 0. The van der Waals surface area contributed by atoms with Gasteiger partial charge in [0.1, 0.15) is 149 Å². The van der Waals surface area contributed by atoms with E-state index in [-0.39, 0.29) is 0 Å². The molecule has 0 amide bonds. The van der Waals surface area contributed by atoms with Crippen LogP contribution in [-0.4, -0.2) is 149 Å². The molecule has 8 aromatic carbocycles. The Morgan fingerprint density at radius 2 is 0.475 bits per heavy atom. The predicted octanol–water partition coefficient (Wildman–Crippen LogP) is -21.8. The molecule has 0 heterocycles. The van der Waals surface area contributed by atoms with Gasteiger partial charge in [-0.15, -0.1) is 49.2 Å². The summed E-state index contributed by atoms with van der Waals surface area (Å²) in [6.07, 6.45) is 0. The molecule has 0 aliphatic rings. The van der Waals surface area contributed by atoms with Crippen LogP contribution in [0.1, 0.15) is 0 Å². The van der Waals surface area contributed by atoms with E-state index in [1.165, 1.54) is 180 Å². The van der Waals surface area contributed by atoms with Gasteiger partial charge in [0.05, 0.1) is 0 Å². The lowest BCUT2D eigenvalue weighted by Crippen LogP contribution is -2.55. The monoisotopic (exact) mass is 735 g/mol. The number of rotatable bonds is 3. The van der Waals surface area contributed by atoms with E-state index in [0.717, 1.165) is 0 Å². The molecule has 19 heteroatoms. The topological polar surface area (TPSA) is 0 Å². The highest BCUT2D eigenvalue weighted by Crippen LogP contribution is 2.42. The number of fused-ring (bicyclic) bond motifs is 4. The summed E-state index contributed by atoms with van der Waals surface area (Å²) >= 11 is 0. The van der Waals surface area contributed by atoms with Crippen molar-refractivity contribution in [1.29, 1.82) is 0 Å². The standard InChI is InChI=1S/C40H45B19/c41-22-11(10-6-5-8-3-1-2-4-9(8)7-10)14-20(29(48)37(56)32(51)24(14)43)17(23(22)42)12-15-18(27(46)35(54)33(52)25(15)44)13(19-16(12)26(45)34(53)36(55)28(19)47)21-30(49)38(57)40(59)39(58)31(21)50/h1-7H,41-59H2. The third-order valence-electron chi connectivity index (χ3n) is 16.4. The second-order valence-corrected chi connectivity index (χ2v) is 18.6. The summed E-state index contributed by atoms with van der Waals surface area (Å²) in [4.78, 5) is 0. The van der Waals surface area contributed by atoms with E-state index in [0.29, 0.717) is 0 Å². The lowest BCUT2D eigenvalue weighted by Gasteiger charge is -2.32. The van der Waals surface area contributed by atoms with Gasteiger partial charge >= 0.3 is 0 Å². The van der Waals surface area contributed by atoms with Gasteiger partial charge in [-0.3, -0.25) is 0 Å². The van der Waals surface area contributed by atoms with Crippen LogP contribution in [0, 0.1) is 0 Å². The number of benzene rings is 8. The van der Waals surface area contributed by atoms with Gasteiger partial charge in [-0.1, -0.05) is 91.0 Å². The molecule has 59 heavy (non-hydrogen) atoms. The van der Waals surface area contributed by atoms with E-state index in [2.05, 4.69) is 192 Å². The van der Waals surface area contributed by atoms with Gasteiger partial charge in [-0.05, 0) is 82.5 Å². The van der Waals surface area contributed by atoms with Crippen LogP contribution in [0.5, 0.6) is 0 Å². The molecule has 0 nitrogen and oxygen atoms in total. The second-order valence-electron chi connectivity index (χ2n) is 18.6. The lowest BCUT2D eigenvalue weighted by molar-refractivity contribution is 1.73. The molecule has 0 fully saturated rings. The van der Waals surface area contributed by atoms with E-state index in [4.69, 9.17) is 0 Å². The Bertz CT molecular complexity index is 3150. The summed E-state index contributed by atoms with van der Waals surface area (Å²) in [6.45, 7) is 0. The Morgan fingerprint density at radius 3 is 0.881 bits per heavy atom. The predicted molar refractivity (Wildman–Crippen MR) is 328 cm³/mol. The maximum atomic E-state index is 2.43. The third kappa shape index (κ3) is 5.71. The molecule has 0 atom stereocenters. The fourth-order valence-electron chi connectivity index (χ4n) is 11.2. The lowest BCUT2D eigenvalue weighted by atomic mass is 9.55. The smallest absolute Gasteiger partial charge is 0.102 e. The van der Waals surface area contributed by atoms with Crippen molar-refractivity contribution in [1.82, 2.24) is 0 Å². The first kappa shape index (κ1) is 41.8. The fourth-order valence-corrected chi connectivity index (χ4v) is 11.2. The van der Waals surface area contributed by atoms with E-state index in [1.54, 1.807) is 0 Å². The highest BCUT2D eigenvalue weighted by molar-refractivity contribution is 6.75. The van der Waals surface area contributed by atoms with Gasteiger partial charge in [0.2, 0.25) is 0 Å². The Morgan fingerprint density at radius 1 is 0.203 bits per heavy atom.